The van der Waals surface area contributed by atoms with Crippen molar-refractivity contribution in [1.29, 1.82) is 0 Å². The van der Waals surface area contributed by atoms with E-state index in [1.54, 1.807) is 0 Å². The minimum atomic E-state index is -0.141. The number of aryl methyl sites for hydroxylation is 1. The fourth-order valence-corrected chi connectivity index (χ4v) is 2.62. The Morgan fingerprint density at radius 3 is 2.71 bits per heavy atom. The number of hydrogen-bond acceptors (Lipinski definition) is 3. The molecule has 0 saturated heterocycles. The van der Waals surface area contributed by atoms with E-state index in [-0.39, 0.29) is 12.1 Å². The molecule has 94 valence electrons. The van der Waals surface area contributed by atoms with Gasteiger partial charge in [-0.1, -0.05) is 0 Å². The van der Waals surface area contributed by atoms with Gasteiger partial charge in [0, 0.05) is 17.9 Å². The Bertz CT molecular complexity index is 395. The zero-order valence-corrected chi connectivity index (χ0v) is 10.4. The van der Waals surface area contributed by atoms with Crippen LogP contribution in [-0.4, -0.2) is 33.1 Å². The molecule has 0 spiro atoms. The first-order valence-corrected chi connectivity index (χ1v) is 6.60. The molecule has 0 radical (unpaired) electrons. The molecular formula is C13H21N3O. The predicted octanol–water partition coefficient (Wildman–Crippen LogP) is 1.08. The molecule has 2 fully saturated rings. The number of aliphatic hydroxyl groups is 1. The Morgan fingerprint density at radius 2 is 2.24 bits per heavy atom. The smallest absolute Gasteiger partial charge is 0.0643 e. The van der Waals surface area contributed by atoms with Gasteiger partial charge in [-0.2, -0.15) is 5.10 Å². The van der Waals surface area contributed by atoms with Gasteiger partial charge in [-0.05, 0) is 44.6 Å². The third-order valence-electron chi connectivity index (χ3n) is 4.07. The normalized spacial score (nSPS) is 23.6. The Hall–Kier alpha value is -0.870. The maximum absolute atomic E-state index is 9.85. The standard InChI is InChI=1S/C13H21N3O/c1-10-6-7-14-16(10)8-13(9-17,11-2-3-11)15-12-4-5-12/h6-7,11-12,15,17H,2-5,8-9H2,1H3. The number of aromatic nitrogens is 2. The fraction of sp³-hybridized carbons (Fsp3) is 0.769. The first-order chi connectivity index (χ1) is 8.23. The highest BCUT2D eigenvalue weighted by Gasteiger charge is 2.47. The molecule has 0 aromatic carbocycles. The highest BCUT2D eigenvalue weighted by molar-refractivity contribution is 5.06. The van der Waals surface area contributed by atoms with Crippen LogP contribution in [0.5, 0.6) is 0 Å². The van der Waals surface area contributed by atoms with Crippen LogP contribution >= 0.6 is 0 Å². The first kappa shape index (κ1) is 11.2. The summed E-state index contributed by atoms with van der Waals surface area (Å²) in [5.74, 6) is 0.622. The average Bonchev–Trinajstić information content (AvgIpc) is 3.21. The largest absolute Gasteiger partial charge is 0.394 e. The van der Waals surface area contributed by atoms with Crippen molar-refractivity contribution in [3.63, 3.8) is 0 Å². The molecule has 1 unspecified atom stereocenters. The molecule has 0 amide bonds. The van der Waals surface area contributed by atoms with Crippen molar-refractivity contribution in [2.24, 2.45) is 5.92 Å². The Kier molecular flexibility index (Phi) is 2.71. The summed E-state index contributed by atoms with van der Waals surface area (Å²) in [4.78, 5) is 0. The summed E-state index contributed by atoms with van der Waals surface area (Å²) in [7, 11) is 0. The summed E-state index contributed by atoms with van der Waals surface area (Å²) < 4.78 is 2.02. The van der Waals surface area contributed by atoms with Gasteiger partial charge < -0.3 is 10.4 Å². The van der Waals surface area contributed by atoms with E-state index in [1.807, 2.05) is 16.9 Å². The van der Waals surface area contributed by atoms with Crippen LogP contribution < -0.4 is 5.32 Å². The van der Waals surface area contributed by atoms with Crippen molar-refractivity contribution in [3.8, 4) is 0 Å². The van der Waals surface area contributed by atoms with E-state index in [1.165, 1.54) is 31.4 Å². The summed E-state index contributed by atoms with van der Waals surface area (Å²) in [5.41, 5.74) is 1.03. The predicted molar refractivity (Wildman–Crippen MR) is 65.7 cm³/mol. The highest BCUT2D eigenvalue weighted by atomic mass is 16.3. The Balaban J connectivity index is 1.79. The molecule has 4 nitrogen and oxygen atoms in total. The van der Waals surface area contributed by atoms with Gasteiger partial charge in [-0.15, -0.1) is 0 Å². The molecule has 0 bridgehead atoms. The van der Waals surface area contributed by atoms with E-state index in [2.05, 4.69) is 17.3 Å². The summed E-state index contributed by atoms with van der Waals surface area (Å²) in [6, 6.07) is 2.64. The van der Waals surface area contributed by atoms with Crippen LogP contribution in [-0.2, 0) is 6.54 Å². The minimum Gasteiger partial charge on any atom is -0.394 e. The first-order valence-electron chi connectivity index (χ1n) is 6.60. The second kappa shape index (κ2) is 4.10. The third-order valence-corrected chi connectivity index (χ3v) is 4.07. The van der Waals surface area contributed by atoms with Crippen LogP contribution in [0.15, 0.2) is 12.3 Å². The number of aliphatic hydroxyl groups excluding tert-OH is 1. The molecule has 2 aliphatic carbocycles. The number of nitrogens with zero attached hydrogens (tertiary/aromatic N) is 2. The third kappa shape index (κ3) is 2.24. The van der Waals surface area contributed by atoms with E-state index in [9.17, 15) is 5.11 Å². The van der Waals surface area contributed by atoms with Gasteiger partial charge in [0.05, 0.1) is 18.7 Å². The average molecular weight is 235 g/mol. The van der Waals surface area contributed by atoms with Crippen LogP contribution in [0.4, 0.5) is 0 Å². The lowest BCUT2D eigenvalue weighted by atomic mass is 9.93. The van der Waals surface area contributed by atoms with Crippen LogP contribution in [0, 0.1) is 12.8 Å². The van der Waals surface area contributed by atoms with Gasteiger partial charge in [-0.25, -0.2) is 0 Å². The van der Waals surface area contributed by atoms with Crippen molar-refractivity contribution in [3.05, 3.63) is 18.0 Å². The topological polar surface area (TPSA) is 50.1 Å². The molecular weight excluding hydrogens is 214 g/mol. The fourth-order valence-electron chi connectivity index (χ4n) is 2.62. The maximum atomic E-state index is 9.85. The lowest BCUT2D eigenvalue weighted by Gasteiger charge is -2.34. The van der Waals surface area contributed by atoms with Crippen LogP contribution in [0.2, 0.25) is 0 Å². The van der Waals surface area contributed by atoms with Crippen LogP contribution in [0.25, 0.3) is 0 Å². The van der Waals surface area contributed by atoms with Gasteiger partial charge in [0.15, 0.2) is 0 Å². The molecule has 2 saturated carbocycles. The van der Waals surface area contributed by atoms with Crippen molar-refractivity contribution in [2.75, 3.05) is 6.61 Å². The van der Waals surface area contributed by atoms with Crippen molar-refractivity contribution >= 4 is 0 Å². The van der Waals surface area contributed by atoms with Gasteiger partial charge in [0.1, 0.15) is 0 Å². The van der Waals surface area contributed by atoms with E-state index >= 15 is 0 Å². The molecule has 17 heavy (non-hydrogen) atoms. The highest BCUT2D eigenvalue weighted by Crippen LogP contribution is 2.42. The molecule has 2 N–H and O–H groups in total. The molecule has 3 rings (SSSR count). The molecule has 0 aliphatic heterocycles. The Morgan fingerprint density at radius 1 is 1.47 bits per heavy atom. The number of nitrogens with one attached hydrogen (secondary N) is 1. The number of hydrogen-bond donors (Lipinski definition) is 2. The summed E-state index contributed by atoms with van der Waals surface area (Å²) in [6.07, 6.45) is 6.82. The molecule has 2 aliphatic rings. The SMILES string of the molecule is Cc1ccnn1CC(CO)(NC1CC1)C1CC1. The second-order valence-electron chi connectivity index (χ2n) is 5.64. The van der Waals surface area contributed by atoms with E-state index in [4.69, 9.17) is 0 Å². The number of rotatable bonds is 6. The van der Waals surface area contributed by atoms with E-state index in [0.29, 0.717) is 12.0 Å². The molecule has 1 aromatic rings. The monoisotopic (exact) mass is 235 g/mol. The lowest BCUT2D eigenvalue weighted by Crippen LogP contribution is -2.55. The van der Waals surface area contributed by atoms with E-state index < -0.39 is 0 Å². The quantitative estimate of drug-likeness (QED) is 0.776. The van der Waals surface area contributed by atoms with Gasteiger partial charge >= 0.3 is 0 Å². The molecule has 4 heteroatoms. The maximum Gasteiger partial charge on any atom is 0.0643 e. The minimum absolute atomic E-state index is 0.141. The second-order valence-corrected chi connectivity index (χ2v) is 5.64. The zero-order valence-electron chi connectivity index (χ0n) is 10.4. The summed E-state index contributed by atoms with van der Waals surface area (Å²) in [6.45, 7) is 3.08. The summed E-state index contributed by atoms with van der Waals surface area (Å²) >= 11 is 0. The molecule has 1 heterocycles. The van der Waals surface area contributed by atoms with Crippen molar-refractivity contribution in [1.82, 2.24) is 15.1 Å². The molecule has 1 atom stereocenters. The van der Waals surface area contributed by atoms with Crippen molar-refractivity contribution < 1.29 is 5.11 Å². The van der Waals surface area contributed by atoms with Gasteiger partial charge in [0.25, 0.3) is 0 Å². The zero-order chi connectivity index (χ0) is 11.9. The van der Waals surface area contributed by atoms with Crippen molar-refractivity contribution in [2.45, 2.75) is 50.7 Å². The van der Waals surface area contributed by atoms with Gasteiger partial charge in [0.2, 0.25) is 0 Å². The van der Waals surface area contributed by atoms with Crippen LogP contribution in [0.1, 0.15) is 31.4 Å². The molecule has 1 aromatic heterocycles. The summed E-state index contributed by atoms with van der Waals surface area (Å²) in [5, 5.41) is 17.9. The lowest BCUT2D eigenvalue weighted by molar-refractivity contribution is 0.115. The van der Waals surface area contributed by atoms with E-state index in [0.717, 1.165) is 6.54 Å². The van der Waals surface area contributed by atoms with Crippen LogP contribution in [0.3, 0.4) is 0 Å². The Labute approximate surface area is 102 Å². The van der Waals surface area contributed by atoms with Gasteiger partial charge in [-0.3, -0.25) is 4.68 Å².